The summed E-state index contributed by atoms with van der Waals surface area (Å²) in [5.74, 6) is -0.129. The minimum absolute atomic E-state index is 0.0260. The summed E-state index contributed by atoms with van der Waals surface area (Å²) in [6, 6.07) is 32.0. The third-order valence-corrected chi connectivity index (χ3v) is 7.14. The maximum Gasteiger partial charge on any atom is 0.310 e. The fourth-order valence-corrected chi connectivity index (χ4v) is 5.43. The molecule has 0 saturated carbocycles. The van der Waals surface area contributed by atoms with Crippen molar-refractivity contribution in [2.45, 2.75) is 18.4 Å². The quantitative estimate of drug-likeness (QED) is 0.278. The fraction of sp³-hybridized carbons (Fsp3) is 0.267. The van der Waals surface area contributed by atoms with Crippen molar-refractivity contribution in [2.75, 3.05) is 26.7 Å². The second-order valence-electron chi connectivity index (χ2n) is 9.12. The number of aromatic nitrogens is 2. The lowest BCUT2D eigenvalue weighted by Gasteiger charge is -2.38. The minimum atomic E-state index is -0.560. The van der Waals surface area contributed by atoms with Gasteiger partial charge in [0, 0.05) is 31.4 Å². The first-order chi connectivity index (χ1) is 17.2. The zero-order chi connectivity index (χ0) is 24.1. The van der Waals surface area contributed by atoms with Crippen molar-refractivity contribution in [3.05, 3.63) is 126 Å². The Morgan fingerprint density at radius 2 is 1.46 bits per heavy atom. The van der Waals surface area contributed by atoms with Gasteiger partial charge in [-0.05, 0) is 29.7 Å². The maximum absolute atomic E-state index is 12.0. The molecule has 1 fully saturated rings. The smallest absolute Gasteiger partial charge is 0.310 e. The second kappa shape index (κ2) is 10.3. The molecule has 0 unspecified atom stereocenters. The van der Waals surface area contributed by atoms with Crippen LogP contribution in [0.25, 0.3) is 0 Å². The number of carbonyl (C=O) groups excluding carboxylic acids is 1. The SMILES string of the molecule is COC(=O)[C@@H]1CCN(CCc2cncn2C(c2ccccc2)(c2ccccc2)c2ccccc2)C1. The van der Waals surface area contributed by atoms with Crippen LogP contribution in [-0.4, -0.2) is 47.2 Å². The number of benzene rings is 3. The molecule has 1 aromatic heterocycles. The first kappa shape index (κ1) is 23.1. The molecular formula is C30H31N3O2. The summed E-state index contributed by atoms with van der Waals surface area (Å²) in [4.78, 5) is 19.0. The van der Waals surface area contributed by atoms with Crippen LogP contribution in [0.1, 0.15) is 28.8 Å². The van der Waals surface area contributed by atoms with Gasteiger partial charge in [0.05, 0.1) is 19.4 Å². The Kier molecular flexibility index (Phi) is 6.77. The molecular weight excluding hydrogens is 434 g/mol. The van der Waals surface area contributed by atoms with Gasteiger partial charge in [-0.3, -0.25) is 4.79 Å². The van der Waals surface area contributed by atoms with E-state index in [0.717, 1.165) is 38.2 Å². The predicted molar refractivity (Wildman–Crippen MR) is 137 cm³/mol. The van der Waals surface area contributed by atoms with Gasteiger partial charge in [0.25, 0.3) is 0 Å². The van der Waals surface area contributed by atoms with Gasteiger partial charge >= 0.3 is 5.97 Å². The Balaban J connectivity index is 1.57. The molecule has 5 rings (SSSR count). The van der Waals surface area contributed by atoms with Gasteiger partial charge in [-0.1, -0.05) is 91.0 Å². The van der Waals surface area contributed by atoms with Gasteiger partial charge in [-0.2, -0.15) is 0 Å². The number of methoxy groups -OCH3 is 1. The summed E-state index contributed by atoms with van der Waals surface area (Å²) in [7, 11) is 1.47. The van der Waals surface area contributed by atoms with Crippen LogP contribution < -0.4 is 0 Å². The molecule has 0 aliphatic carbocycles. The Morgan fingerprint density at radius 1 is 0.914 bits per heavy atom. The van der Waals surface area contributed by atoms with Crippen LogP contribution in [0.2, 0.25) is 0 Å². The van der Waals surface area contributed by atoms with Crippen LogP contribution in [0.5, 0.6) is 0 Å². The van der Waals surface area contributed by atoms with Gasteiger partial charge in [0.15, 0.2) is 0 Å². The monoisotopic (exact) mass is 465 g/mol. The van der Waals surface area contributed by atoms with Crippen LogP contribution in [0.4, 0.5) is 0 Å². The molecule has 0 bridgehead atoms. The average molecular weight is 466 g/mol. The number of esters is 1. The van der Waals surface area contributed by atoms with E-state index in [1.807, 2.05) is 12.5 Å². The highest BCUT2D eigenvalue weighted by Crippen LogP contribution is 2.41. The largest absolute Gasteiger partial charge is 0.469 e. The van der Waals surface area contributed by atoms with E-state index in [0.29, 0.717) is 0 Å². The summed E-state index contributed by atoms with van der Waals surface area (Å²) in [5, 5.41) is 0. The number of imidazole rings is 1. The number of rotatable bonds is 8. The van der Waals surface area contributed by atoms with Crippen molar-refractivity contribution in [3.63, 3.8) is 0 Å². The molecule has 2 heterocycles. The average Bonchev–Trinajstić information content (AvgIpc) is 3.60. The van der Waals surface area contributed by atoms with Gasteiger partial charge < -0.3 is 14.2 Å². The first-order valence-electron chi connectivity index (χ1n) is 12.2. The fourth-order valence-electron chi connectivity index (χ4n) is 5.43. The molecule has 1 atom stereocenters. The zero-order valence-corrected chi connectivity index (χ0v) is 20.1. The third kappa shape index (κ3) is 4.40. The second-order valence-corrected chi connectivity index (χ2v) is 9.12. The normalized spacial score (nSPS) is 16.3. The lowest BCUT2D eigenvalue weighted by Crippen LogP contribution is -2.39. The highest BCUT2D eigenvalue weighted by Gasteiger charge is 2.39. The van der Waals surface area contributed by atoms with Crippen LogP contribution >= 0.6 is 0 Å². The number of hydrogen-bond acceptors (Lipinski definition) is 4. The molecule has 0 radical (unpaired) electrons. The lowest BCUT2D eigenvalue weighted by molar-refractivity contribution is -0.144. The molecule has 0 amide bonds. The van der Waals surface area contributed by atoms with E-state index in [9.17, 15) is 4.79 Å². The minimum Gasteiger partial charge on any atom is -0.469 e. The summed E-state index contributed by atoms with van der Waals surface area (Å²) < 4.78 is 7.30. The number of hydrogen-bond donors (Lipinski definition) is 0. The third-order valence-electron chi connectivity index (χ3n) is 7.14. The van der Waals surface area contributed by atoms with Crippen molar-refractivity contribution in [3.8, 4) is 0 Å². The molecule has 1 aliphatic rings. The zero-order valence-electron chi connectivity index (χ0n) is 20.1. The van der Waals surface area contributed by atoms with E-state index in [1.54, 1.807) is 0 Å². The van der Waals surface area contributed by atoms with Gasteiger partial charge in [-0.15, -0.1) is 0 Å². The molecule has 4 aromatic rings. The van der Waals surface area contributed by atoms with E-state index >= 15 is 0 Å². The number of likely N-dealkylation sites (tertiary alicyclic amines) is 1. The molecule has 0 spiro atoms. The van der Waals surface area contributed by atoms with Crippen LogP contribution in [0.3, 0.4) is 0 Å². The molecule has 5 nitrogen and oxygen atoms in total. The predicted octanol–water partition coefficient (Wildman–Crippen LogP) is 4.76. The molecule has 3 aromatic carbocycles. The number of ether oxygens (including phenoxy) is 1. The summed E-state index contributed by atoms with van der Waals surface area (Å²) >= 11 is 0. The highest BCUT2D eigenvalue weighted by atomic mass is 16.5. The van der Waals surface area contributed by atoms with Gasteiger partial charge in [0.2, 0.25) is 0 Å². The first-order valence-corrected chi connectivity index (χ1v) is 12.2. The topological polar surface area (TPSA) is 47.4 Å². The van der Waals surface area contributed by atoms with Gasteiger partial charge in [0.1, 0.15) is 5.54 Å². The number of carbonyl (C=O) groups is 1. The van der Waals surface area contributed by atoms with E-state index in [2.05, 4.69) is 105 Å². The van der Waals surface area contributed by atoms with Crippen molar-refractivity contribution in [1.82, 2.24) is 14.5 Å². The van der Waals surface area contributed by atoms with Crippen LogP contribution in [0.15, 0.2) is 104 Å². The van der Waals surface area contributed by atoms with Crippen molar-refractivity contribution < 1.29 is 9.53 Å². The molecule has 1 aliphatic heterocycles. The van der Waals surface area contributed by atoms with Gasteiger partial charge in [-0.25, -0.2) is 4.98 Å². The molecule has 178 valence electrons. The Morgan fingerprint density at radius 3 is 1.97 bits per heavy atom. The van der Waals surface area contributed by atoms with E-state index < -0.39 is 5.54 Å². The Bertz CT molecular complexity index is 1140. The summed E-state index contributed by atoms with van der Waals surface area (Å²) in [6.45, 7) is 2.53. The van der Waals surface area contributed by atoms with E-state index in [1.165, 1.54) is 23.8 Å². The van der Waals surface area contributed by atoms with E-state index in [-0.39, 0.29) is 11.9 Å². The molecule has 0 N–H and O–H groups in total. The Labute approximate surface area is 207 Å². The van der Waals surface area contributed by atoms with Crippen LogP contribution in [-0.2, 0) is 21.5 Å². The highest BCUT2D eigenvalue weighted by molar-refractivity contribution is 5.72. The standard InChI is InChI=1S/C30H31N3O2/c1-35-29(34)24-17-19-32(22-24)20-18-28-21-31-23-33(28)30(25-11-5-2-6-12-25,26-13-7-3-8-14-26)27-15-9-4-10-16-27/h2-16,21,23-24H,17-20,22H2,1H3/t24-/m1/s1. The van der Waals surface area contributed by atoms with E-state index in [4.69, 9.17) is 4.74 Å². The molecule has 1 saturated heterocycles. The number of nitrogens with zero attached hydrogens (tertiary/aromatic N) is 3. The summed E-state index contributed by atoms with van der Waals surface area (Å²) in [6.07, 6.45) is 5.64. The maximum atomic E-state index is 12.0. The van der Waals surface area contributed by atoms with Crippen molar-refractivity contribution in [1.29, 1.82) is 0 Å². The molecule has 35 heavy (non-hydrogen) atoms. The summed E-state index contributed by atoms with van der Waals surface area (Å²) in [5.41, 5.74) is 4.15. The Hall–Kier alpha value is -3.70. The van der Waals surface area contributed by atoms with Crippen LogP contribution in [0, 0.1) is 5.92 Å². The molecule has 5 heteroatoms. The van der Waals surface area contributed by atoms with Crippen molar-refractivity contribution >= 4 is 5.97 Å². The lowest BCUT2D eigenvalue weighted by atomic mass is 9.76. The van der Waals surface area contributed by atoms with Crippen molar-refractivity contribution in [2.24, 2.45) is 5.92 Å².